The average molecular weight is 399 g/mol. The van der Waals surface area contributed by atoms with E-state index in [2.05, 4.69) is 34.7 Å². The predicted octanol–water partition coefficient (Wildman–Crippen LogP) is 4.26. The molecule has 0 aliphatic carbocycles. The quantitative estimate of drug-likeness (QED) is 0.601. The summed E-state index contributed by atoms with van der Waals surface area (Å²) in [5.74, 6) is -1.12. The molecule has 2 heterocycles. The lowest BCUT2D eigenvalue weighted by atomic mass is 9.94. The Morgan fingerprint density at radius 2 is 1.67 bits per heavy atom. The van der Waals surface area contributed by atoms with E-state index < -0.39 is 5.92 Å². The molecule has 1 aromatic heterocycles. The van der Waals surface area contributed by atoms with E-state index in [9.17, 15) is 10.1 Å². The molecule has 1 aliphatic rings. The van der Waals surface area contributed by atoms with Crippen molar-refractivity contribution in [2.75, 3.05) is 31.1 Å². The fraction of sp³-hybridized carbons (Fsp3) is 0.320. The van der Waals surface area contributed by atoms with Crippen LogP contribution in [0.25, 0.3) is 10.9 Å². The zero-order chi connectivity index (χ0) is 21.1. The molecule has 1 atom stereocenters. The van der Waals surface area contributed by atoms with Gasteiger partial charge in [0.05, 0.1) is 17.3 Å². The Balaban J connectivity index is 1.50. The number of benzene rings is 2. The third kappa shape index (κ3) is 4.05. The number of para-hydroxylation sites is 1. The number of hydrogen-bond acceptors (Lipinski definition) is 5. The van der Waals surface area contributed by atoms with Gasteiger partial charge < -0.3 is 4.90 Å². The summed E-state index contributed by atoms with van der Waals surface area (Å²) in [4.78, 5) is 22.4. The summed E-state index contributed by atoms with van der Waals surface area (Å²) in [5, 5.41) is 10.7. The van der Waals surface area contributed by atoms with E-state index in [0.717, 1.165) is 42.8 Å². The summed E-state index contributed by atoms with van der Waals surface area (Å²) < 4.78 is 0. The molecule has 1 unspecified atom stereocenters. The Morgan fingerprint density at radius 3 is 2.33 bits per heavy atom. The van der Waals surface area contributed by atoms with Crippen molar-refractivity contribution in [3.8, 4) is 6.07 Å². The highest BCUT2D eigenvalue weighted by molar-refractivity contribution is 6.03. The highest BCUT2D eigenvalue weighted by Gasteiger charge is 2.24. The lowest BCUT2D eigenvalue weighted by molar-refractivity contribution is 0.0977. The van der Waals surface area contributed by atoms with Gasteiger partial charge in [-0.25, -0.2) is 0 Å². The average Bonchev–Trinajstić information content (AvgIpc) is 2.79. The molecule has 0 amide bonds. The zero-order valence-electron chi connectivity index (χ0n) is 17.5. The summed E-state index contributed by atoms with van der Waals surface area (Å²) in [6.07, 6.45) is 0. The van der Waals surface area contributed by atoms with Gasteiger partial charge in [0.1, 0.15) is 0 Å². The van der Waals surface area contributed by atoms with Crippen molar-refractivity contribution < 1.29 is 4.79 Å². The van der Waals surface area contributed by atoms with Gasteiger partial charge in [0, 0.05) is 48.9 Å². The van der Waals surface area contributed by atoms with E-state index in [1.54, 1.807) is 6.07 Å². The fourth-order valence-electron chi connectivity index (χ4n) is 4.00. The minimum Gasteiger partial charge on any atom is -0.369 e. The van der Waals surface area contributed by atoms with Crippen LogP contribution in [0.4, 0.5) is 5.69 Å². The van der Waals surface area contributed by atoms with E-state index in [1.807, 2.05) is 54.6 Å². The molecule has 152 valence electrons. The number of aromatic nitrogens is 1. The standard InChI is InChI=1S/C25H26N4O/c1-18(2)28-13-15-29(16-14-28)21-10-7-20(8-11-21)25(30)22(17-26)24-12-9-19-5-3-4-6-23(19)27-24/h3-12,18,22H,13-16H2,1-2H3. The molecule has 0 spiro atoms. The molecular formula is C25H26N4O. The van der Waals surface area contributed by atoms with Crippen LogP contribution in [0.15, 0.2) is 60.7 Å². The summed E-state index contributed by atoms with van der Waals surface area (Å²) in [6.45, 7) is 8.50. The van der Waals surface area contributed by atoms with Crippen LogP contribution in [0.2, 0.25) is 0 Å². The maximum Gasteiger partial charge on any atom is 0.186 e. The second kappa shape index (κ2) is 8.64. The first kappa shape index (κ1) is 20.1. The van der Waals surface area contributed by atoms with Crippen LogP contribution >= 0.6 is 0 Å². The first-order chi connectivity index (χ1) is 14.6. The van der Waals surface area contributed by atoms with Crippen molar-refractivity contribution in [2.45, 2.75) is 25.8 Å². The summed E-state index contributed by atoms with van der Waals surface area (Å²) in [5.41, 5.74) is 2.95. The maximum atomic E-state index is 13.0. The number of rotatable bonds is 5. The molecule has 0 bridgehead atoms. The Kier molecular flexibility index (Phi) is 5.78. The molecular weight excluding hydrogens is 372 g/mol. The van der Waals surface area contributed by atoms with Crippen molar-refractivity contribution in [1.82, 2.24) is 9.88 Å². The SMILES string of the molecule is CC(C)N1CCN(c2ccc(C(=O)C(C#N)c3ccc4ccccc4n3)cc2)CC1. The molecule has 1 aliphatic heterocycles. The van der Waals surface area contributed by atoms with Crippen LogP contribution in [0.1, 0.15) is 35.8 Å². The van der Waals surface area contributed by atoms with E-state index in [1.165, 1.54) is 0 Å². The van der Waals surface area contributed by atoms with Gasteiger partial charge in [-0.1, -0.05) is 24.3 Å². The number of Topliss-reactive ketones (excluding diaryl/α,β-unsaturated/α-hetero) is 1. The van der Waals surface area contributed by atoms with Gasteiger partial charge in [-0.05, 0) is 50.2 Å². The van der Waals surface area contributed by atoms with Gasteiger partial charge in [0.2, 0.25) is 0 Å². The van der Waals surface area contributed by atoms with Crippen molar-refractivity contribution in [3.05, 3.63) is 71.9 Å². The molecule has 1 saturated heterocycles. The molecule has 5 nitrogen and oxygen atoms in total. The Bertz CT molecular complexity index is 1080. The second-order valence-electron chi connectivity index (χ2n) is 8.02. The van der Waals surface area contributed by atoms with E-state index in [-0.39, 0.29) is 5.78 Å². The minimum absolute atomic E-state index is 0.212. The van der Waals surface area contributed by atoms with Crippen LogP contribution in [0, 0.1) is 11.3 Å². The number of nitrogens with zero attached hydrogens (tertiary/aromatic N) is 4. The number of anilines is 1. The van der Waals surface area contributed by atoms with Gasteiger partial charge >= 0.3 is 0 Å². The minimum atomic E-state index is -0.907. The van der Waals surface area contributed by atoms with Crippen molar-refractivity contribution in [2.24, 2.45) is 0 Å². The molecule has 0 radical (unpaired) electrons. The third-order valence-electron chi connectivity index (χ3n) is 5.87. The van der Waals surface area contributed by atoms with Gasteiger partial charge in [0.15, 0.2) is 11.7 Å². The number of carbonyl (C=O) groups is 1. The molecule has 0 N–H and O–H groups in total. The number of pyridine rings is 1. The molecule has 2 aromatic carbocycles. The van der Waals surface area contributed by atoms with Crippen LogP contribution in [-0.2, 0) is 0 Å². The number of nitriles is 1. The molecule has 30 heavy (non-hydrogen) atoms. The summed E-state index contributed by atoms with van der Waals surface area (Å²) in [7, 11) is 0. The number of fused-ring (bicyclic) bond motifs is 1. The van der Waals surface area contributed by atoms with E-state index >= 15 is 0 Å². The van der Waals surface area contributed by atoms with Crippen molar-refractivity contribution in [3.63, 3.8) is 0 Å². The van der Waals surface area contributed by atoms with Gasteiger partial charge in [-0.3, -0.25) is 14.7 Å². The summed E-state index contributed by atoms with van der Waals surface area (Å²) >= 11 is 0. The highest BCUT2D eigenvalue weighted by atomic mass is 16.1. The Labute approximate surface area is 177 Å². The third-order valence-corrected chi connectivity index (χ3v) is 5.87. The fourth-order valence-corrected chi connectivity index (χ4v) is 4.00. The maximum absolute atomic E-state index is 13.0. The second-order valence-corrected chi connectivity index (χ2v) is 8.02. The lowest BCUT2D eigenvalue weighted by Gasteiger charge is -2.38. The largest absolute Gasteiger partial charge is 0.369 e. The van der Waals surface area contributed by atoms with Crippen molar-refractivity contribution in [1.29, 1.82) is 5.26 Å². The van der Waals surface area contributed by atoms with Gasteiger partial charge in [0.25, 0.3) is 0 Å². The highest BCUT2D eigenvalue weighted by Crippen LogP contribution is 2.24. The number of carbonyl (C=O) groups excluding carboxylic acids is 1. The number of hydrogen-bond donors (Lipinski definition) is 0. The van der Waals surface area contributed by atoms with Gasteiger partial charge in [-0.2, -0.15) is 5.26 Å². The topological polar surface area (TPSA) is 60.2 Å². The van der Waals surface area contributed by atoms with Crippen LogP contribution in [0.5, 0.6) is 0 Å². The normalized spacial score (nSPS) is 15.9. The first-order valence-corrected chi connectivity index (χ1v) is 10.5. The molecule has 5 heteroatoms. The predicted molar refractivity (Wildman–Crippen MR) is 120 cm³/mol. The number of ketones is 1. The van der Waals surface area contributed by atoms with E-state index in [4.69, 9.17) is 0 Å². The first-order valence-electron chi connectivity index (χ1n) is 10.5. The Morgan fingerprint density at radius 1 is 0.967 bits per heavy atom. The smallest absolute Gasteiger partial charge is 0.186 e. The summed E-state index contributed by atoms with van der Waals surface area (Å²) in [6, 6.07) is 21.7. The van der Waals surface area contributed by atoms with Crippen LogP contribution in [-0.4, -0.2) is 47.9 Å². The molecule has 1 fully saturated rings. The Hall–Kier alpha value is -3.23. The van der Waals surface area contributed by atoms with Crippen LogP contribution in [0.3, 0.4) is 0 Å². The number of piperazine rings is 1. The zero-order valence-corrected chi connectivity index (χ0v) is 17.5. The van der Waals surface area contributed by atoms with Gasteiger partial charge in [-0.15, -0.1) is 0 Å². The molecule has 3 aromatic rings. The molecule has 4 rings (SSSR count). The van der Waals surface area contributed by atoms with Crippen molar-refractivity contribution >= 4 is 22.4 Å². The van der Waals surface area contributed by atoms with Crippen LogP contribution < -0.4 is 4.90 Å². The lowest BCUT2D eigenvalue weighted by Crippen LogP contribution is -2.48. The monoisotopic (exact) mass is 398 g/mol. The molecule has 0 saturated carbocycles. The van der Waals surface area contributed by atoms with E-state index in [0.29, 0.717) is 17.3 Å².